The first-order chi connectivity index (χ1) is 7.29. The smallest absolute Gasteiger partial charge is 0.141 e. The van der Waals surface area contributed by atoms with E-state index in [1.165, 1.54) is 12.8 Å². The highest BCUT2D eigenvalue weighted by Gasteiger charge is 2.26. The van der Waals surface area contributed by atoms with Crippen LogP contribution in [0.1, 0.15) is 52.4 Å². The number of ether oxygens (including phenoxy) is 1. The van der Waals surface area contributed by atoms with Crippen molar-refractivity contribution in [2.45, 2.75) is 52.4 Å². The maximum Gasteiger partial charge on any atom is 0.141 e. The average Bonchev–Trinajstić information content (AvgIpc) is 2.31. The molecule has 2 atom stereocenters. The van der Waals surface area contributed by atoms with Gasteiger partial charge in [0, 0.05) is 18.4 Å². The summed E-state index contributed by atoms with van der Waals surface area (Å²) in [6, 6.07) is 0. The molecular formula is C13H24O2. The van der Waals surface area contributed by atoms with Gasteiger partial charge in [-0.15, -0.1) is 0 Å². The predicted octanol–water partition coefficient (Wildman–Crippen LogP) is 3.20. The van der Waals surface area contributed by atoms with Crippen LogP contribution in [-0.2, 0) is 9.53 Å². The number of carbonyl (C=O) groups excluding carboxylic acids is 1. The molecule has 0 radical (unpaired) electrons. The van der Waals surface area contributed by atoms with Crippen molar-refractivity contribution in [3.05, 3.63) is 0 Å². The number of Topliss-reactive ketones (excluding diaryl/α,β-unsaturated/α-hetero) is 1. The van der Waals surface area contributed by atoms with E-state index in [2.05, 4.69) is 13.8 Å². The number of unbranched alkanes of at least 4 members (excludes halogenated alkanes) is 1. The van der Waals surface area contributed by atoms with Gasteiger partial charge < -0.3 is 4.74 Å². The number of hydrogen-bond acceptors (Lipinski definition) is 2. The SMILES string of the molecule is CCCCC(CC)C(=O)C1CCCOC1. The number of carbonyl (C=O) groups is 1. The van der Waals surface area contributed by atoms with E-state index in [1.807, 2.05) is 0 Å². The highest BCUT2D eigenvalue weighted by atomic mass is 16.5. The molecule has 0 saturated carbocycles. The Balaban J connectivity index is 2.40. The maximum atomic E-state index is 12.2. The summed E-state index contributed by atoms with van der Waals surface area (Å²) < 4.78 is 5.38. The van der Waals surface area contributed by atoms with Crippen molar-refractivity contribution in [3.63, 3.8) is 0 Å². The molecule has 1 rings (SSSR count). The van der Waals surface area contributed by atoms with E-state index in [0.29, 0.717) is 12.4 Å². The zero-order chi connectivity index (χ0) is 11.1. The molecule has 2 heteroatoms. The van der Waals surface area contributed by atoms with Crippen molar-refractivity contribution in [1.82, 2.24) is 0 Å². The largest absolute Gasteiger partial charge is 0.381 e. The predicted molar refractivity (Wildman–Crippen MR) is 61.9 cm³/mol. The summed E-state index contributed by atoms with van der Waals surface area (Å²) in [6.45, 7) is 5.82. The molecule has 1 fully saturated rings. The highest BCUT2D eigenvalue weighted by molar-refractivity contribution is 5.83. The van der Waals surface area contributed by atoms with Gasteiger partial charge in [0.15, 0.2) is 0 Å². The van der Waals surface area contributed by atoms with Crippen LogP contribution in [0.25, 0.3) is 0 Å². The Labute approximate surface area is 93.4 Å². The quantitative estimate of drug-likeness (QED) is 0.676. The molecule has 0 aromatic heterocycles. The molecule has 0 bridgehead atoms. The lowest BCUT2D eigenvalue weighted by atomic mass is 9.85. The molecule has 2 nitrogen and oxygen atoms in total. The highest BCUT2D eigenvalue weighted by Crippen LogP contribution is 2.23. The van der Waals surface area contributed by atoms with Crippen LogP contribution < -0.4 is 0 Å². The van der Waals surface area contributed by atoms with Crippen LogP contribution in [0.3, 0.4) is 0 Å². The summed E-state index contributed by atoms with van der Waals surface area (Å²) in [5.41, 5.74) is 0. The van der Waals surface area contributed by atoms with E-state index < -0.39 is 0 Å². The fourth-order valence-corrected chi connectivity index (χ4v) is 2.30. The second-order valence-electron chi connectivity index (χ2n) is 4.56. The first kappa shape index (κ1) is 12.7. The van der Waals surface area contributed by atoms with Crippen molar-refractivity contribution in [1.29, 1.82) is 0 Å². The first-order valence-electron chi connectivity index (χ1n) is 6.41. The number of hydrogen-bond donors (Lipinski definition) is 0. The third kappa shape index (κ3) is 3.94. The second-order valence-corrected chi connectivity index (χ2v) is 4.56. The van der Waals surface area contributed by atoms with Crippen molar-refractivity contribution in [3.8, 4) is 0 Å². The summed E-state index contributed by atoms with van der Waals surface area (Å²) in [7, 11) is 0. The molecule has 1 heterocycles. The summed E-state index contributed by atoms with van der Waals surface area (Å²) >= 11 is 0. The molecule has 88 valence electrons. The molecule has 2 unspecified atom stereocenters. The van der Waals surface area contributed by atoms with Gasteiger partial charge in [-0.1, -0.05) is 26.7 Å². The Morgan fingerprint density at radius 1 is 1.47 bits per heavy atom. The normalized spacial score (nSPS) is 23.7. The molecule has 1 saturated heterocycles. The Kier molecular flexibility index (Phi) is 5.92. The fourth-order valence-electron chi connectivity index (χ4n) is 2.30. The van der Waals surface area contributed by atoms with Gasteiger partial charge in [-0.05, 0) is 25.7 Å². The Morgan fingerprint density at radius 2 is 2.27 bits per heavy atom. The van der Waals surface area contributed by atoms with Gasteiger partial charge in [0.05, 0.1) is 6.61 Å². The van der Waals surface area contributed by atoms with Crippen LogP contribution in [0, 0.1) is 11.8 Å². The third-order valence-electron chi connectivity index (χ3n) is 3.36. The monoisotopic (exact) mass is 212 g/mol. The standard InChI is InChI=1S/C13H24O2/c1-3-5-7-11(4-2)13(14)12-8-6-9-15-10-12/h11-12H,3-10H2,1-2H3. The summed E-state index contributed by atoms with van der Waals surface area (Å²) in [5.74, 6) is 0.947. The van der Waals surface area contributed by atoms with Gasteiger partial charge in [-0.25, -0.2) is 0 Å². The van der Waals surface area contributed by atoms with Crippen LogP contribution in [0.5, 0.6) is 0 Å². The molecule has 0 N–H and O–H groups in total. The zero-order valence-electron chi connectivity index (χ0n) is 10.1. The zero-order valence-corrected chi connectivity index (χ0v) is 10.1. The third-order valence-corrected chi connectivity index (χ3v) is 3.36. The molecule has 1 aliphatic heterocycles. The minimum Gasteiger partial charge on any atom is -0.381 e. The molecule has 0 aliphatic carbocycles. The molecule has 0 spiro atoms. The topological polar surface area (TPSA) is 26.3 Å². The molecule has 0 aromatic rings. The lowest BCUT2D eigenvalue weighted by molar-refractivity contribution is -0.131. The molecule has 0 amide bonds. The lowest BCUT2D eigenvalue weighted by Crippen LogP contribution is -2.30. The minimum absolute atomic E-state index is 0.195. The van der Waals surface area contributed by atoms with Crippen LogP contribution in [0.15, 0.2) is 0 Å². The van der Waals surface area contributed by atoms with Gasteiger partial charge in [-0.2, -0.15) is 0 Å². The Morgan fingerprint density at radius 3 is 2.80 bits per heavy atom. The van der Waals surface area contributed by atoms with E-state index in [9.17, 15) is 4.79 Å². The average molecular weight is 212 g/mol. The summed E-state index contributed by atoms with van der Waals surface area (Å²) in [5, 5.41) is 0. The summed E-state index contributed by atoms with van der Waals surface area (Å²) in [4.78, 5) is 12.2. The van der Waals surface area contributed by atoms with E-state index in [-0.39, 0.29) is 11.8 Å². The molecular weight excluding hydrogens is 188 g/mol. The number of ketones is 1. The van der Waals surface area contributed by atoms with Crippen LogP contribution >= 0.6 is 0 Å². The van der Waals surface area contributed by atoms with Crippen LogP contribution in [0.2, 0.25) is 0 Å². The van der Waals surface area contributed by atoms with Crippen molar-refractivity contribution >= 4 is 5.78 Å². The van der Waals surface area contributed by atoms with E-state index in [4.69, 9.17) is 4.74 Å². The van der Waals surface area contributed by atoms with E-state index in [1.54, 1.807) is 0 Å². The fraction of sp³-hybridized carbons (Fsp3) is 0.923. The van der Waals surface area contributed by atoms with E-state index in [0.717, 1.165) is 32.3 Å². The van der Waals surface area contributed by atoms with Crippen LogP contribution in [0.4, 0.5) is 0 Å². The van der Waals surface area contributed by atoms with Gasteiger partial charge in [0.1, 0.15) is 5.78 Å². The minimum atomic E-state index is 0.195. The van der Waals surface area contributed by atoms with Gasteiger partial charge in [0.25, 0.3) is 0 Å². The van der Waals surface area contributed by atoms with Gasteiger partial charge >= 0.3 is 0 Å². The van der Waals surface area contributed by atoms with E-state index >= 15 is 0 Å². The molecule has 15 heavy (non-hydrogen) atoms. The van der Waals surface area contributed by atoms with Crippen LogP contribution in [-0.4, -0.2) is 19.0 Å². The molecule has 1 aliphatic rings. The Bertz CT molecular complexity index is 183. The second kappa shape index (κ2) is 7.00. The van der Waals surface area contributed by atoms with Gasteiger partial charge in [-0.3, -0.25) is 4.79 Å². The Hall–Kier alpha value is -0.370. The number of rotatable bonds is 6. The summed E-state index contributed by atoms with van der Waals surface area (Å²) in [6.07, 6.45) is 6.53. The lowest BCUT2D eigenvalue weighted by Gasteiger charge is -2.24. The molecule has 0 aromatic carbocycles. The van der Waals surface area contributed by atoms with Crippen molar-refractivity contribution in [2.75, 3.05) is 13.2 Å². The van der Waals surface area contributed by atoms with Crippen molar-refractivity contribution in [2.24, 2.45) is 11.8 Å². The van der Waals surface area contributed by atoms with Gasteiger partial charge in [0.2, 0.25) is 0 Å². The van der Waals surface area contributed by atoms with Crippen molar-refractivity contribution < 1.29 is 9.53 Å². The maximum absolute atomic E-state index is 12.2. The first-order valence-corrected chi connectivity index (χ1v) is 6.41.